The third-order valence-corrected chi connectivity index (χ3v) is 2.81. The molecule has 1 aromatic rings. The lowest BCUT2D eigenvalue weighted by Crippen LogP contribution is -2.08. The maximum absolute atomic E-state index is 9.16. The van der Waals surface area contributed by atoms with Gasteiger partial charge in [0.15, 0.2) is 11.5 Å². The fourth-order valence-electron chi connectivity index (χ4n) is 1.68. The quantitative estimate of drug-likeness (QED) is 0.805. The monoisotopic (exact) mass is 224 g/mol. The summed E-state index contributed by atoms with van der Waals surface area (Å²) >= 11 is 0. The smallest absolute Gasteiger partial charge is 0.160 e. The van der Waals surface area contributed by atoms with E-state index >= 15 is 0 Å². The van der Waals surface area contributed by atoms with Crippen LogP contribution in [0.1, 0.15) is 18.9 Å². The third kappa shape index (κ3) is 3.14. The Kier molecular flexibility index (Phi) is 5.12. The Balaban J connectivity index is 2.82. The predicted octanol–water partition coefficient (Wildman–Crippen LogP) is 2.26. The van der Waals surface area contributed by atoms with Crippen molar-refractivity contribution in [2.24, 2.45) is 5.92 Å². The van der Waals surface area contributed by atoms with Crippen molar-refractivity contribution < 1.29 is 14.6 Å². The average Bonchev–Trinajstić information content (AvgIpc) is 2.35. The fourth-order valence-corrected chi connectivity index (χ4v) is 1.68. The van der Waals surface area contributed by atoms with E-state index in [2.05, 4.69) is 6.92 Å². The molecule has 1 rings (SSSR count). The Morgan fingerprint density at radius 3 is 2.38 bits per heavy atom. The zero-order valence-electron chi connectivity index (χ0n) is 10.2. The summed E-state index contributed by atoms with van der Waals surface area (Å²) in [6.45, 7) is 2.31. The van der Waals surface area contributed by atoms with Crippen LogP contribution in [0.2, 0.25) is 0 Å². The van der Waals surface area contributed by atoms with Crippen LogP contribution >= 0.6 is 0 Å². The summed E-state index contributed by atoms with van der Waals surface area (Å²) < 4.78 is 10.4. The van der Waals surface area contributed by atoms with E-state index < -0.39 is 0 Å². The second-order valence-electron chi connectivity index (χ2n) is 3.85. The lowest BCUT2D eigenvalue weighted by molar-refractivity contribution is 0.222. The zero-order valence-corrected chi connectivity index (χ0v) is 10.2. The minimum absolute atomic E-state index is 0.227. The van der Waals surface area contributed by atoms with Crippen LogP contribution in [0.5, 0.6) is 11.5 Å². The summed E-state index contributed by atoms with van der Waals surface area (Å²) in [4.78, 5) is 0. The number of aliphatic hydroxyl groups is 1. The normalized spacial score (nSPS) is 12.2. The SMILES string of the molecule is CCC(CO)Cc1ccc(OC)c(OC)c1. The van der Waals surface area contributed by atoms with Gasteiger partial charge in [0.25, 0.3) is 0 Å². The molecular formula is C13H20O3. The summed E-state index contributed by atoms with van der Waals surface area (Å²) in [5.74, 6) is 1.80. The third-order valence-electron chi connectivity index (χ3n) is 2.81. The first-order valence-electron chi connectivity index (χ1n) is 5.56. The van der Waals surface area contributed by atoms with E-state index in [1.807, 2.05) is 18.2 Å². The first kappa shape index (κ1) is 12.8. The Morgan fingerprint density at radius 1 is 1.19 bits per heavy atom. The molecule has 3 nitrogen and oxygen atoms in total. The molecule has 0 aliphatic rings. The van der Waals surface area contributed by atoms with Crippen molar-refractivity contribution in [1.29, 1.82) is 0 Å². The number of rotatable bonds is 6. The Morgan fingerprint density at radius 2 is 1.88 bits per heavy atom. The molecule has 0 radical (unpaired) electrons. The lowest BCUT2D eigenvalue weighted by atomic mass is 9.97. The van der Waals surface area contributed by atoms with Crippen LogP contribution < -0.4 is 9.47 Å². The Labute approximate surface area is 97.0 Å². The molecule has 0 saturated carbocycles. The molecule has 16 heavy (non-hydrogen) atoms. The fraction of sp³-hybridized carbons (Fsp3) is 0.538. The number of hydrogen-bond acceptors (Lipinski definition) is 3. The van der Waals surface area contributed by atoms with Crippen molar-refractivity contribution in [1.82, 2.24) is 0 Å². The second-order valence-corrected chi connectivity index (χ2v) is 3.85. The van der Waals surface area contributed by atoms with Gasteiger partial charge in [0, 0.05) is 6.61 Å². The van der Waals surface area contributed by atoms with E-state index in [0.29, 0.717) is 5.92 Å². The van der Waals surface area contributed by atoms with E-state index in [4.69, 9.17) is 14.6 Å². The maximum atomic E-state index is 9.16. The molecule has 1 atom stereocenters. The maximum Gasteiger partial charge on any atom is 0.160 e. The number of aliphatic hydroxyl groups excluding tert-OH is 1. The van der Waals surface area contributed by atoms with Crippen molar-refractivity contribution in [3.63, 3.8) is 0 Å². The van der Waals surface area contributed by atoms with Gasteiger partial charge >= 0.3 is 0 Å². The topological polar surface area (TPSA) is 38.7 Å². The highest BCUT2D eigenvalue weighted by molar-refractivity contribution is 5.42. The zero-order chi connectivity index (χ0) is 12.0. The molecule has 0 heterocycles. The molecule has 0 aliphatic carbocycles. The van der Waals surface area contributed by atoms with Crippen molar-refractivity contribution >= 4 is 0 Å². The van der Waals surface area contributed by atoms with Crippen LogP contribution in [0.15, 0.2) is 18.2 Å². The summed E-state index contributed by atoms with van der Waals surface area (Å²) in [5.41, 5.74) is 1.17. The first-order valence-corrected chi connectivity index (χ1v) is 5.56. The molecule has 0 aromatic heterocycles. The standard InChI is InChI=1S/C13H20O3/c1-4-10(9-14)7-11-5-6-12(15-2)13(8-11)16-3/h5-6,8,10,14H,4,7,9H2,1-3H3. The molecule has 0 bridgehead atoms. The van der Waals surface area contributed by atoms with Gasteiger partial charge in [-0.15, -0.1) is 0 Å². The van der Waals surface area contributed by atoms with Gasteiger partial charge in [0.1, 0.15) is 0 Å². The van der Waals surface area contributed by atoms with Gasteiger partial charge in [0.2, 0.25) is 0 Å². The molecule has 0 aliphatic heterocycles. The highest BCUT2D eigenvalue weighted by atomic mass is 16.5. The van der Waals surface area contributed by atoms with Gasteiger partial charge in [-0.2, -0.15) is 0 Å². The molecule has 1 N–H and O–H groups in total. The van der Waals surface area contributed by atoms with Gasteiger partial charge < -0.3 is 14.6 Å². The first-order chi connectivity index (χ1) is 7.74. The van der Waals surface area contributed by atoms with Crippen LogP contribution in [-0.2, 0) is 6.42 Å². The summed E-state index contributed by atoms with van der Waals surface area (Å²) in [6.07, 6.45) is 1.85. The number of methoxy groups -OCH3 is 2. The van der Waals surface area contributed by atoms with Gasteiger partial charge in [-0.25, -0.2) is 0 Å². The number of benzene rings is 1. The van der Waals surface area contributed by atoms with Gasteiger partial charge in [-0.05, 0) is 30.0 Å². The van der Waals surface area contributed by atoms with E-state index in [9.17, 15) is 0 Å². The highest BCUT2D eigenvalue weighted by Gasteiger charge is 2.09. The summed E-state index contributed by atoms with van der Waals surface area (Å²) in [7, 11) is 3.26. The minimum atomic E-state index is 0.227. The lowest BCUT2D eigenvalue weighted by Gasteiger charge is -2.13. The molecule has 3 heteroatoms. The molecule has 0 saturated heterocycles. The van der Waals surface area contributed by atoms with Crippen molar-refractivity contribution in [2.45, 2.75) is 19.8 Å². The van der Waals surface area contributed by atoms with E-state index in [1.54, 1.807) is 14.2 Å². The average molecular weight is 224 g/mol. The van der Waals surface area contributed by atoms with Crippen LogP contribution in [0.4, 0.5) is 0 Å². The molecule has 90 valence electrons. The number of ether oxygens (including phenoxy) is 2. The van der Waals surface area contributed by atoms with E-state index in [0.717, 1.165) is 24.3 Å². The van der Waals surface area contributed by atoms with E-state index in [-0.39, 0.29) is 6.61 Å². The van der Waals surface area contributed by atoms with Crippen LogP contribution in [0.3, 0.4) is 0 Å². The molecule has 1 unspecified atom stereocenters. The largest absolute Gasteiger partial charge is 0.493 e. The molecular weight excluding hydrogens is 204 g/mol. The van der Waals surface area contributed by atoms with Crippen molar-refractivity contribution in [3.05, 3.63) is 23.8 Å². The Hall–Kier alpha value is -1.22. The number of hydrogen-bond donors (Lipinski definition) is 1. The van der Waals surface area contributed by atoms with Gasteiger partial charge in [-0.1, -0.05) is 19.4 Å². The second kappa shape index (κ2) is 6.38. The van der Waals surface area contributed by atoms with Gasteiger partial charge in [0.05, 0.1) is 14.2 Å². The molecule has 0 spiro atoms. The molecule has 0 amide bonds. The van der Waals surface area contributed by atoms with Crippen molar-refractivity contribution in [3.8, 4) is 11.5 Å². The van der Waals surface area contributed by atoms with Crippen LogP contribution in [-0.4, -0.2) is 25.9 Å². The Bertz CT molecular complexity index is 319. The summed E-state index contributed by atoms with van der Waals surface area (Å²) in [6, 6.07) is 5.88. The van der Waals surface area contributed by atoms with Crippen LogP contribution in [0, 0.1) is 5.92 Å². The van der Waals surface area contributed by atoms with Gasteiger partial charge in [-0.3, -0.25) is 0 Å². The minimum Gasteiger partial charge on any atom is -0.493 e. The van der Waals surface area contributed by atoms with Crippen molar-refractivity contribution in [2.75, 3.05) is 20.8 Å². The van der Waals surface area contributed by atoms with Crippen LogP contribution in [0.25, 0.3) is 0 Å². The van der Waals surface area contributed by atoms with E-state index in [1.165, 1.54) is 5.56 Å². The highest BCUT2D eigenvalue weighted by Crippen LogP contribution is 2.28. The molecule has 0 fully saturated rings. The predicted molar refractivity (Wildman–Crippen MR) is 64.1 cm³/mol. The molecule has 1 aromatic carbocycles. The summed E-state index contributed by atoms with van der Waals surface area (Å²) in [5, 5.41) is 9.16.